The molecule has 2 aromatic heterocycles. The molecule has 1 N–H and O–H groups in total. The number of carbonyl (C=O) groups is 1. The fourth-order valence-corrected chi connectivity index (χ4v) is 3.81. The number of aryl methyl sites for hydroxylation is 2. The average molecular weight is 393 g/mol. The summed E-state index contributed by atoms with van der Waals surface area (Å²) in [5, 5.41) is 3.71. The van der Waals surface area contributed by atoms with Crippen molar-refractivity contribution in [2.45, 2.75) is 24.6 Å². The molecule has 0 unspecified atom stereocenters. The third-order valence-corrected chi connectivity index (χ3v) is 5.22. The molecule has 0 aliphatic carbocycles. The topological polar surface area (TPSA) is 58.1 Å². The van der Waals surface area contributed by atoms with Crippen LogP contribution in [0.1, 0.15) is 27.0 Å². The van der Waals surface area contributed by atoms with E-state index in [-0.39, 0.29) is 5.91 Å². The van der Waals surface area contributed by atoms with Gasteiger partial charge in [-0.1, -0.05) is 6.07 Å². The molecule has 0 atom stereocenters. The average Bonchev–Trinajstić information content (AvgIpc) is 2.66. The van der Waals surface area contributed by atoms with Crippen LogP contribution >= 0.6 is 11.8 Å². The lowest BCUT2D eigenvalue weighted by atomic mass is 10.1. The molecule has 0 spiro atoms. The zero-order valence-corrected chi connectivity index (χ0v) is 17.4. The molecular formula is C22H24N4OS. The molecule has 1 aromatic carbocycles. The lowest BCUT2D eigenvalue weighted by Crippen LogP contribution is -2.14. The normalized spacial score (nSPS) is 10.6. The number of pyridine rings is 2. The second-order valence-electron chi connectivity index (χ2n) is 6.89. The fourth-order valence-electron chi connectivity index (χ4n) is 2.87. The Hall–Kier alpha value is -2.86. The van der Waals surface area contributed by atoms with Crippen molar-refractivity contribution in [1.29, 1.82) is 0 Å². The van der Waals surface area contributed by atoms with E-state index in [0.29, 0.717) is 16.3 Å². The molecule has 0 radical (unpaired) electrons. The molecule has 144 valence electrons. The summed E-state index contributed by atoms with van der Waals surface area (Å²) in [6.45, 7) is 4.04. The minimum Gasteiger partial charge on any atom is -0.363 e. The van der Waals surface area contributed by atoms with Crippen LogP contribution in [-0.4, -0.2) is 30.0 Å². The van der Waals surface area contributed by atoms with Crippen LogP contribution in [-0.2, 0) is 5.75 Å². The molecule has 0 aliphatic rings. The summed E-state index contributed by atoms with van der Waals surface area (Å²) in [6, 6.07) is 13.6. The first kappa shape index (κ1) is 19.9. The summed E-state index contributed by atoms with van der Waals surface area (Å²) in [7, 11) is 3.93. The third-order valence-electron chi connectivity index (χ3n) is 4.14. The van der Waals surface area contributed by atoms with Gasteiger partial charge in [-0.15, -0.1) is 11.8 Å². The van der Waals surface area contributed by atoms with Gasteiger partial charge in [-0.05, 0) is 66.9 Å². The van der Waals surface area contributed by atoms with Crippen molar-refractivity contribution >= 4 is 29.2 Å². The van der Waals surface area contributed by atoms with Gasteiger partial charge in [0.05, 0.1) is 5.56 Å². The molecule has 3 aromatic rings. The van der Waals surface area contributed by atoms with E-state index in [4.69, 9.17) is 0 Å². The number of thioether (sulfide) groups is 1. The Bertz CT molecular complexity index is 968. The first-order valence-electron chi connectivity index (χ1n) is 9.02. The molecule has 1 amide bonds. The van der Waals surface area contributed by atoms with E-state index >= 15 is 0 Å². The number of aromatic nitrogens is 2. The van der Waals surface area contributed by atoms with Crippen molar-refractivity contribution in [3.05, 3.63) is 77.1 Å². The second-order valence-corrected chi connectivity index (χ2v) is 7.86. The van der Waals surface area contributed by atoms with Crippen LogP contribution in [0.2, 0.25) is 0 Å². The number of rotatable bonds is 6. The van der Waals surface area contributed by atoms with Crippen molar-refractivity contribution in [3.8, 4) is 0 Å². The highest BCUT2D eigenvalue weighted by molar-refractivity contribution is 7.98. The number of benzene rings is 1. The molecule has 5 nitrogen and oxygen atoms in total. The predicted molar refractivity (Wildman–Crippen MR) is 116 cm³/mol. The highest BCUT2D eigenvalue weighted by Gasteiger charge is 2.14. The minimum atomic E-state index is -0.149. The number of amides is 1. The van der Waals surface area contributed by atoms with Crippen LogP contribution < -0.4 is 10.2 Å². The first-order valence-corrected chi connectivity index (χ1v) is 10.0. The Morgan fingerprint density at radius 1 is 1.04 bits per heavy atom. The Morgan fingerprint density at radius 3 is 2.50 bits per heavy atom. The Morgan fingerprint density at radius 2 is 1.79 bits per heavy atom. The maximum atomic E-state index is 12.8. The number of hydrogen-bond donors (Lipinski definition) is 1. The van der Waals surface area contributed by atoms with Gasteiger partial charge in [-0.25, -0.2) is 9.97 Å². The van der Waals surface area contributed by atoms with E-state index in [1.807, 2.05) is 63.2 Å². The lowest BCUT2D eigenvalue weighted by Gasteiger charge is -2.13. The van der Waals surface area contributed by atoms with Gasteiger partial charge in [-0.2, -0.15) is 0 Å². The van der Waals surface area contributed by atoms with Crippen LogP contribution in [0.25, 0.3) is 0 Å². The fraction of sp³-hybridized carbons (Fsp3) is 0.227. The molecule has 28 heavy (non-hydrogen) atoms. The third kappa shape index (κ3) is 5.10. The number of nitrogens with one attached hydrogen (secondary N) is 1. The largest absolute Gasteiger partial charge is 0.363 e. The Kier molecular flexibility index (Phi) is 6.31. The molecule has 0 saturated carbocycles. The van der Waals surface area contributed by atoms with Crippen molar-refractivity contribution in [2.24, 2.45) is 0 Å². The zero-order valence-electron chi connectivity index (χ0n) is 16.6. The number of carbonyl (C=O) groups excluding carboxylic acids is 1. The SMILES string of the molecule is Cc1cc(C)cc(NC(=O)c2cccnc2SCc2ccnc(N(C)C)c2)c1. The summed E-state index contributed by atoms with van der Waals surface area (Å²) in [4.78, 5) is 23.6. The number of nitrogens with zero attached hydrogens (tertiary/aromatic N) is 3. The molecule has 0 aliphatic heterocycles. The smallest absolute Gasteiger partial charge is 0.258 e. The van der Waals surface area contributed by atoms with Crippen molar-refractivity contribution in [3.63, 3.8) is 0 Å². The van der Waals surface area contributed by atoms with E-state index < -0.39 is 0 Å². The molecule has 0 fully saturated rings. The predicted octanol–water partition coefficient (Wildman–Crippen LogP) is 4.70. The maximum absolute atomic E-state index is 12.8. The minimum absolute atomic E-state index is 0.149. The zero-order chi connectivity index (χ0) is 20.1. The van der Waals surface area contributed by atoms with E-state index in [9.17, 15) is 4.79 Å². The van der Waals surface area contributed by atoms with Crippen molar-refractivity contribution in [1.82, 2.24) is 9.97 Å². The highest BCUT2D eigenvalue weighted by atomic mass is 32.2. The second kappa shape index (κ2) is 8.89. The Labute approximate surface area is 170 Å². The van der Waals surface area contributed by atoms with Gasteiger partial charge in [-0.3, -0.25) is 4.79 Å². The van der Waals surface area contributed by atoms with Gasteiger partial charge in [0, 0.05) is 37.9 Å². The van der Waals surface area contributed by atoms with E-state index in [1.54, 1.807) is 30.2 Å². The van der Waals surface area contributed by atoms with E-state index in [1.165, 1.54) is 0 Å². The van der Waals surface area contributed by atoms with E-state index in [2.05, 4.69) is 21.4 Å². The van der Waals surface area contributed by atoms with Crippen molar-refractivity contribution in [2.75, 3.05) is 24.3 Å². The van der Waals surface area contributed by atoms with Gasteiger partial charge in [0.15, 0.2) is 0 Å². The van der Waals surface area contributed by atoms with Gasteiger partial charge in [0.2, 0.25) is 0 Å². The van der Waals surface area contributed by atoms with Crippen LogP contribution in [0.4, 0.5) is 11.5 Å². The molecular weight excluding hydrogens is 368 g/mol. The first-order chi connectivity index (χ1) is 13.4. The van der Waals surface area contributed by atoms with Gasteiger partial charge >= 0.3 is 0 Å². The standard InChI is InChI=1S/C22H24N4OS/c1-15-10-16(2)12-18(11-15)25-21(27)19-6-5-8-24-22(19)28-14-17-7-9-23-20(13-17)26(3)4/h5-13H,14H2,1-4H3,(H,25,27). The lowest BCUT2D eigenvalue weighted by molar-refractivity contribution is 0.102. The molecule has 6 heteroatoms. The van der Waals surface area contributed by atoms with Crippen LogP contribution in [0.3, 0.4) is 0 Å². The van der Waals surface area contributed by atoms with Crippen LogP contribution in [0.15, 0.2) is 59.9 Å². The Balaban J connectivity index is 1.75. The summed E-state index contributed by atoms with van der Waals surface area (Å²) in [5.74, 6) is 1.47. The maximum Gasteiger partial charge on any atom is 0.258 e. The van der Waals surface area contributed by atoms with Crippen molar-refractivity contribution < 1.29 is 4.79 Å². The monoisotopic (exact) mass is 392 g/mol. The summed E-state index contributed by atoms with van der Waals surface area (Å²) in [5.41, 5.74) is 4.74. The van der Waals surface area contributed by atoms with Gasteiger partial charge in [0.1, 0.15) is 10.8 Å². The number of anilines is 2. The van der Waals surface area contributed by atoms with Gasteiger partial charge in [0.25, 0.3) is 5.91 Å². The summed E-state index contributed by atoms with van der Waals surface area (Å²) in [6.07, 6.45) is 3.52. The quantitative estimate of drug-likeness (QED) is 0.616. The van der Waals surface area contributed by atoms with Crippen LogP contribution in [0.5, 0.6) is 0 Å². The molecule has 0 bridgehead atoms. The number of hydrogen-bond acceptors (Lipinski definition) is 5. The summed E-state index contributed by atoms with van der Waals surface area (Å²) >= 11 is 1.55. The van der Waals surface area contributed by atoms with Gasteiger partial charge < -0.3 is 10.2 Å². The molecule has 3 rings (SSSR count). The van der Waals surface area contributed by atoms with E-state index in [0.717, 1.165) is 28.2 Å². The molecule has 2 heterocycles. The van der Waals surface area contributed by atoms with Crippen LogP contribution in [0, 0.1) is 13.8 Å². The summed E-state index contributed by atoms with van der Waals surface area (Å²) < 4.78 is 0. The molecule has 0 saturated heterocycles. The highest BCUT2D eigenvalue weighted by Crippen LogP contribution is 2.26.